The van der Waals surface area contributed by atoms with Gasteiger partial charge in [-0.2, -0.15) is 0 Å². The van der Waals surface area contributed by atoms with Crippen molar-refractivity contribution in [1.82, 2.24) is 14.1 Å². The molecule has 1 aliphatic rings. The summed E-state index contributed by atoms with van der Waals surface area (Å²) in [4.78, 5) is 5.39. The van der Waals surface area contributed by atoms with E-state index < -0.39 is 0 Å². The van der Waals surface area contributed by atoms with Crippen LogP contribution in [0.5, 0.6) is 0 Å². The van der Waals surface area contributed by atoms with Crippen molar-refractivity contribution in [3.05, 3.63) is 187 Å². The second-order valence-corrected chi connectivity index (χ2v) is 15.5. The summed E-state index contributed by atoms with van der Waals surface area (Å²) in [5.41, 5.74) is 15.5. The molecule has 0 spiro atoms. The highest BCUT2D eigenvalue weighted by atomic mass is 15.0. The van der Waals surface area contributed by atoms with Crippen molar-refractivity contribution in [2.24, 2.45) is 0 Å². The number of hydrogen-bond acceptors (Lipinski definition) is 1. The Hall–Kier alpha value is -6.97. The van der Waals surface area contributed by atoms with Gasteiger partial charge in [-0.15, -0.1) is 0 Å². The highest BCUT2D eigenvalue weighted by Crippen LogP contribution is 2.53. The van der Waals surface area contributed by atoms with E-state index in [1.54, 1.807) is 0 Å². The van der Waals surface area contributed by atoms with Gasteiger partial charge in [-0.1, -0.05) is 147 Å². The number of para-hydroxylation sites is 4. The molecule has 3 heterocycles. The largest absolute Gasteiger partial charge is 0.307 e. The molecular formula is C52H35N3. The maximum absolute atomic E-state index is 5.39. The van der Waals surface area contributed by atoms with Gasteiger partial charge in [0.05, 0.1) is 33.3 Å². The first-order chi connectivity index (χ1) is 27.1. The van der Waals surface area contributed by atoms with Gasteiger partial charge in [-0.3, -0.25) is 0 Å². The van der Waals surface area contributed by atoms with Crippen molar-refractivity contribution < 1.29 is 0 Å². The molecule has 11 aromatic rings. The quantitative estimate of drug-likeness (QED) is 0.168. The van der Waals surface area contributed by atoms with Crippen LogP contribution in [0.15, 0.2) is 176 Å². The Balaban J connectivity index is 1.12. The first-order valence-electron chi connectivity index (χ1n) is 19.2. The molecule has 0 saturated heterocycles. The average Bonchev–Trinajstić information content (AvgIpc) is 3.84. The lowest BCUT2D eigenvalue weighted by atomic mass is 9.79. The van der Waals surface area contributed by atoms with Crippen LogP contribution in [-0.4, -0.2) is 14.1 Å². The lowest BCUT2D eigenvalue weighted by molar-refractivity contribution is 0.666. The molecule has 0 N–H and O–H groups in total. The van der Waals surface area contributed by atoms with Crippen molar-refractivity contribution in [3.8, 4) is 33.8 Å². The van der Waals surface area contributed by atoms with Crippen LogP contribution in [0.3, 0.4) is 0 Å². The van der Waals surface area contributed by atoms with Crippen LogP contribution in [0, 0.1) is 0 Å². The zero-order chi connectivity index (χ0) is 36.4. The lowest BCUT2D eigenvalue weighted by Gasteiger charge is -2.24. The lowest BCUT2D eigenvalue weighted by Crippen LogP contribution is -2.15. The van der Waals surface area contributed by atoms with Gasteiger partial charge < -0.3 is 9.13 Å². The first kappa shape index (κ1) is 30.5. The molecule has 0 amide bonds. The SMILES string of the molecule is CC1(C)c2ccccc2-c2ccc3c(-c4ccc(-n5c6ccccc6c6ccc7c8ccccc8n(-c8ccccc8)c7c65)cc4)nc4ccccc4c3c21. The van der Waals surface area contributed by atoms with Crippen molar-refractivity contribution >= 4 is 65.3 Å². The highest BCUT2D eigenvalue weighted by Gasteiger charge is 2.37. The minimum atomic E-state index is -0.138. The number of benzene rings is 8. The molecule has 0 fully saturated rings. The zero-order valence-corrected chi connectivity index (χ0v) is 30.6. The van der Waals surface area contributed by atoms with Crippen LogP contribution in [0.2, 0.25) is 0 Å². The number of fused-ring (bicyclic) bond motifs is 14. The standard InChI is InChI=1S/C52H35N3/c1-52(2)43-20-10-6-16-35(43)38-28-31-42-47(48(38)52)41-19-7-11-21-44(41)53-49(42)32-24-26-34(27-25-32)55-46-23-13-9-18-37(46)40-30-29-39-36-17-8-12-22-45(36)54(50(39)51(40)55)33-14-4-3-5-15-33/h3-31H,1-2H3. The molecule has 258 valence electrons. The second-order valence-electron chi connectivity index (χ2n) is 15.5. The molecule has 3 nitrogen and oxygen atoms in total. The summed E-state index contributed by atoms with van der Waals surface area (Å²) in [6.07, 6.45) is 0. The molecule has 0 unspecified atom stereocenters. The Morgan fingerprint density at radius 2 is 0.964 bits per heavy atom. The van der Waals surface area contributed by atoms with E-state index in [2.05, 4.69) is 199 Å². The summed E-state index contributed by atoms with van der Waals surface area (Å²) in [5, 5.41) is 8.69. The molecule has 1 aliphatic carbocycles. The molecule has 0 radical (unpaired) electrons. The summed E-state index contributed by atoms with van der Waals surface area (Å²) >= 11 is 0. The maximum atomic E-state index is 5.39. The van der Waals surface area contributed by atoms with Gasteiger partial charge in [-0.25, -0.2) is 4.98 Å². The summed E-state index contributed by atoms with van der Waals surface area (Å²) in [5.74, 6) is 0. The molecule has 0 aliphatic heterocycles. The fourth-order valence-electron chi connectivity index (χ4n) is 9.92. The van der Waals surface area contributed by atoms with E-state index in [0.717, 1.165) is 28.1 Å². The zero-order valence-electron chi connectivity index (χ0n) is 30.6. The first-order valence-corrected chi connectivity index (χ1v) is 19.2. The van der Waals surface area contributed by atoms with Crippen LogP contribution in [0.1, 0.15) is 25.0 Å². The fourth-order valence-corrected chi connectivity index (χ4v) is 9.92. The second kappa shape index (κ2) is 11.0. The van der Waals surface area contributed by atoms with E-state index in [4.69, 9.17) is 4.98 Å². The molecule has 55 heavy (non-hydrogen) atoms. The number of rotatable bonds is 3. The Morgan fingerprint density at radius 3 is 1.65 bits per heavy atom. The molecule has 0 bridgehead atoms. The molecule has 0 atom stereocenters. The van der Waals surface area contributed by atoms with Gasteiger partial charge in [-0.05, 0) is 70.1 Å². The van der Waals surface area contributed by atoms with E-state index in [-0.39, 0.29) is 5.41 Å². The van der Waals surface area contributed by atoms with Gasteiger partial charge in [0.15, 0.2) is 0 Å². The van der Waals surface area contributed by atoms with E-state index in [0.29, 0.717) is 0 Å². The number of pyridine rings is 1. The van der Waals surface area contributed by atoms with Crippen LogP contribution < -0.4 is 0 Å². The molecule has 0 saturated carbocycles. The van der Waals surface area contributed by atoms with Crippen LogP contribution in [-0.2, 0) is 5.41 Å². The third-order valence-electron chi connectivity index (χ3n) is 12.3. The van der Waals surface area contributed by atoms with E-state index in [1.807, 2.05) is 0 Å². The Kier molecular flexibility index (Phi) is 6.12. The molecular weight excluding hydrogens is 667 g/mol. The summed E-state index contributed by atoms with van der Waals surface area (Å²) in [6.45, 7) is 4.75. The molecule has 3 heteroatoms. The van der Waals surface area contributed by atoms with E-state index in [1.165, 1.54) is 82.0 Å². The minimum absolute atomic E-state index is 0.138. The van der Waals surface area contributed by atoms with Crippen molar-refractivity contribution in [1.29, 1.82) is 0 Å². The van der Waals surface area contributed by atoms with Gasteiger partial charge >= 0.3 is 0 Å². The number of aromatic nitrogens is 3. The Morgan fingerprint density at radius 1 is 0.418 bits per heavy atom. The molecule has 3 aromatic heterocycles. The highest BCUT2D eigenvalue weighted by molar-refractivity contribution is 6.24. The van der Waals surface area contributed by atoms with Gasteiger partial charge in [0.25, 0.3) is 0 Å². The summed E-state index contributed by atoms with van der Waals surface area (Å²) in [7, 11) is 0. The summed E-state index contributed by atoms with van der Waals surface area (Å²) in [6, 6.07) is 64.3. The van der Waals surface area contributed by atoms with Crippen molar-refractivity contribution in [2.45, 2.75) is 19.3 Å². The van der Waals surface area contributed by atoms with Gasteiger partial charge in [0.2, 0.25) is 0 Å². The molecule has 8 aromatic carbocycles. The van der Waals surface area contributed by atoms with Gasteiger partial charge in [0, 0.05) is 54.7 Å². The van der Waals surface area contributed by atoms with Crippen LogP contribution >= 0.6 is 0 Å². The average molecular weight is 702 g/mol. The Bertz CT molecular complexity index is 3380. The van der Waals surface area contributed by atoms with Crippen LogP contribution in [0.4, 0.5) is 0 Å². The normalized spacial score (nSPS) is 13.4. The third kappa shape index (κ3) is 4.07. The van der Waals surface area contributed by atoms with Gasteiger partial charge in [0.1, 0.15) is 0 Å². The van der Waals surface area contributed by atoms with E-state index >= 15 is 0 Å². The van der Waals surface area contributed by atoms with Crippen LogP contribution in [0.25, 0.3) is 99.0 Å². The van der Waals surface area contributed by atoms with Crippen molar-refractivity contribution in [2.75, 3.05) is 0 Å². The number of nitrogens with zero attached hydrogens (tertiary/aromatic N) is 3. The fraction of sp³-hybridized carbons (Fsp3) is 0.0577. The maximum Gasteiger partial charge on any atom is 0.0788 e. The minimum Gasteiger partial charge on any atom is -0.307 e. The predicted molar refractivity (Wildman–Crippen MR) is 231 cm³/mol. The van der Waals surface area contributed by atoms with Crippen molar-refractivity contribution in [3.63, 3.8) is 0 Å². The predicted octanol–water partition coefficient (Wildman–Crippen LogP) is 13.6. The smallest absolute Gasteiger partial charge is 0.0788 e. The number of hydrogen-bond donors (Lipinski definition) is 0. The van der Waals surface area contributed by atoms with E-state index in [9.17, 15) is 0 Å². The monoisotopic (exact) mass is 701 g/mol. The topological polar surface area (TPSA) is 22.8 Å². The third-order valence-corrected chi connectivity index (χ3v) is 12.3. The Labute approximate surface area is 318 Å². The molecule has 12 rings (SSSR count). The summed E-state index contributed by atoms with van der Waals surface area (Å²) < 4.78 is 4.91.